The van der Waals surface area contributed by atoms with E-state index in [0.29, 0.717) is 13.0 Å². The van der Waals surface area contributed by atoms with E-state index in [1.807, 2.05) is 17.0 Å². The van der Waals surface area contributed by atoms with E-state index in [1.54, 1.807) is 11.3 Å². The molecule has 0 N–H and O–H groups in total. The maximum Gasteiger partial charge on any atom is 0.223 e. The number of rotatable bonds is 7. The van der Waals surface area contributed by atoms with Gasteiger partial charge in [-0.25, -0.2) is 0 Å². The lowest BCUT2D eigenvalue weighted by Crippen LogP contribution is -2.45. The molecule has 1 aliphatic heterocycles. The first-order chi connectivity index (χ1) is 11.8. The summed E-state index contributed by atoms with van der Waals surface area (Å²) in [5.74, 6) is 0.264. The highest BCUT2D eigenvalue weighted by molar-refractivity contribution is 7.09. The molecule has 1 fully saturated rings. The highest BCUT2D eigenvalue weighted by atomic mass is 32.1. The molecule has 1 unspecified atom stereocenters. The average Bonchev–Trinajstić information content (AvgIpc) is 3.14. The molecule has 24 heavy (non-hydrogen) atoms. The first-order valence-corrected chi connectivity index (χ1v) is 9.65. The van der Waals surface area contributed by atoms with Crippen LogP contribution in [0.4, 0.5) is 0 Å². The van der Waals surface area contributed by atoms with Gasteiger partial charge >= 0.3 is 0 Å². The maximum absolute atomic E-state index is 12.4. The monoisotopic (exact) mass is 343 g/mol. The van der Waals surface area contributed by atoms with Crippen molar-refractivity contribution in [2.75, 3.05) is 19.7 Å². The van der Waals surface area contributed by atoms with Crippen molar-refractivity contribution in [1.82, 2.24) is 4.90 Å². The Morgan fingerprint density at radius 1 is 1.17 bits per heavy atom. The highest BCUT2D eigenvalue weighted by Gasteiger charge is 2.23. The number of aryl methyl sites for hydroxylation is 2. The number of ether oxygens (including phenoxy) is 1. The fourth-order valence-electron chi connectivity index (χ4n) is 3.14. The number of carbonyl (C=O) groups excluding carboxylic acids is 1. The van der Waals surface area contributed by atoms with Crippen molar-refractivity contribution >= 4 is 17.2 Å². The largest absolute Gasteiger partial charge is 0.375 e. The zero-order valence-electron chi connectivity index (χ0n) is 14.0. The second-order valence-electron chi connectivity index (χ2n) is 6.29. The Kier molecular flexibility index (Phi) is 6.44. The number of thiophene rings is 1. The summed E-state index contributed by atoms with van der Waals surface area (Å²) in [7, 11) is 0. The van der Waals surface area contributed by atoms with Crippen molar-refractivity contribution in [2.24, 2.45) is 0 Å². The van der Waals surface area contributed by atoms with Gasteiger partial charge in [-0.3, -0.25) is 4.79 Å². The third-order valence-electron chi connectivity index (χ3n) is 4.49. The van der Waals surface area contributed by atoms with Crippen LogP contribution in [0.5, 0.6) is 0 Å². The molecule has 1 atom stereocenters. The molecule has 0 saturated carbocycles. The summed E-state index contributed by atoms with van der Waals surface area (Å²) < 4.78 is 5.85. The fourth-order valence-corrected chi connectivity index (χ4v) is 3.85. The van der Waals surface area contributed by atoms with Crippen molar-refractivity contribution in [3.05, 3.63) is 58.3 Å². The van der Waals surface area contributed by atoms with Gasteiger partial charge in [0.2, 0.25) is 5.91 Å². The second-order valence-corrected chi connectivity index (χ2v) is 7.32. The molecule has 0 aliphatic carbocycles. The Morgan fingerprint density at radius 3 is 2.83 bits per heavy atom. The molecule has 0 radical (unpaired) electrons. The van der Waals surface area contributed by atoms with Crippen LogP contribution < -0.4 is 0 Å². The summed E-state index contributed by atoms with van der Waals surface area (Å²) in [5.41, 5.74) is 1.37. The van der Waals surface area contributed by atoms with Crippen LogP contribution in [0.25, 0.3) is 0 Å². The summed E-state index contributed by atoms with van der Waals surface area (Å²) in [6.45, 7) is 2.15. The van der Waals surface area contributed by atoms with Gasteiger partial charge in [-0.15, -0.1) is 11.3 Å². The van der Waals surface area contributed by atoms with Crippen molar-refractivity contribution < 1.29 is 9.53 Å². The maximum atomic E-state index is 12.4. The molecule has 2 heterocycles. The summed E-state index contributed by atoms with van der Waals surface area (Å²) in [5, 5.41) is 2.07. The van der Waals surface area contributed by atoms with E-state index in [1.165, 1.54) is 10.4 Å². The minimum Gasteiger partial charge on any atom is -0.375 e. The van der Waals surface area contributed by atoms with Crippen molar-refractivity contribution in [3.63, 3.8) is 0 Å². The van der Waals surface area contributed by atoms with E-state index in [9.17, 15) is 4.79 Å². The summed E-state index contributed by atoms with van der Waals surface area (Å²) in [4.78, 5) is 15.7. The molecular formula is C20H25NO2S. The zero-order chi connectivity index (χ0) is 16.6. The molecule has 1 aliphatic rings. The minimum absolute atomic E-state index is 0.188. The second kappa shape index (κ2) is 9.00. The van der Waals surface area contributed by atoms with Gasteiger partial charge in [-0.2, -0.15) is 0 Å². The van der Waals surface area contributed by atoms with Gasteiger partial charge in [0.15, 0.2) is 0 Å². The molecule has 0 spiro atoms. The van der Waals surface area contributed by atoms with Gasteiger partial charge in [0, 0.05) is 24.4 Å². The highest BCUT2D eigenvalue weighted by Crippen LogP contribution is 2.16. The van der Waals surface area contributed by atoms with Crippen LogP contribution >= 0.6 is 11.3 Å². The Morgan fingerprint density at radius 2 is 2.04 bits per heavy atom. The molecule has 1 saturated heterocycles. The molecule has 2 aromatic rings. The van der Waals surface area contributed by atoms with Crippen LogP contribution in [-0.2, 0) is 22.4 Å². The molecule has 1 amide bonds. The van der Waals surface area contributed by atoms with E-state index in [4.69, 9.17) is 4.74 Å². The molecule has 3 rings (SSSR count). The van der Waals surface area contributed by atoms with E-state index in [-0.39, 0.29) is 12.0 Å². The molecule has 0 bridgehead atoms. The molecule has 3 nitrogen and oxygen atoms in total. The van der Waals surface area contributed by atoms with E-state index in [2.05, 4.69) is 35.7 Å². The van der Waals surface area contributed by atoms with Crippen LogP contribution in [-0.4, -0.2) is 36.6 Å². The van der Waals surface area contributed by atoms with Crippen LogP contribution in [0.2, 0.25) is 0 Å². The summed E-state index contributed by atoms with van der Waals surface area (Å²) >= 11 is 1.73. The summed E-state index contributed by atoms with van der Waals surface area (Å²) in [6, 6.07) is 14.7. The number of hydrogen-bond acceptors (Lipinski definition) is 3. The Bertz CT molecular complexity index is 612. The number of hydrogen-bond donors (Lipinski definition) is 0. The standard InChI is InChI=1S/C20H25NO2S/c22-20(12-11-19-10-5-15-24-19)21-13-14-23-18(16-21)9-4-8-17-6-2-1-3-7-17/h1-3,5-7,10,15,18H,4,8-9,11-14,16H2. The number of carbonyl (C=O) groups is 1. The molecular weight excluding hydrogens is 318 g/mol. The number of benzene rings is 1. The van der Waals surface area contributed by atoms with Gasteiger partial charge in [-0.1, -0.05) is 36.4 Å². The molecule has 128 valence electrons. The molecule has 1 aromatic carbocycles. The zero-order valence-corrected chi connectivity index (χ0v) is 14.8. The van der Waals surface area contributed by atoms with Crippen LogP contribution in [0.15, 0.2) is 47.8 Å². The lowest BCUT2D eigenvalue weighted by molar-refractivity contribution is -0.139. The summed E-state index contributed by atoms with van der Waals surface area (Å²) in [6.07, 6.45) is 4.85. The Balaban J connectivity index is 1.39. The average molecular weight is 343 g/mol. The van der Waals surface area contributed by atoms with Gasteiger partial charge in [0.05, 0.1) is 12.7 Å². The first-order valence-electron chi connectivity index (χ1n) is 8.77. The SMILES string of the molecule is O=C(CCc1cccs1)N1CCOC(CCCc2ccccc2)C1. The van der Waals surface area contributed by atoms with Crippen LogP contribution in [0, 0.1) is 0 Å². The third kappa shape index (κ3) is 5.18. The number of nitrogens with zero attached hydrogens (tertiary/aromatic N) is 1. The number of morpholine rings is 1. The molecule has 1 aromatic heterocycles. The number of amides is 1. The van der Waals surface area contributed by atoms with Gasteiger partial charge in [0.25, 0.3) is 0 Å². The Labute approximate surface area is 148 Å². The normalized spacial score (nSPS) is 17.8. The van der Waals surface area contributed by atoms with Crippen LogP contribution in [0.3, 0.4) is 0 Å². The topological polar surface area (TPSA) is 29.5 Å². The van der Waals surface area contributed by atoms with Crippen molar-refractivity contribution in [3.8, 4) is 0 Å². The quantitative estimate of drug-likeness (QED) is 0.762. The smallest absolute Gasteiger partial charge is 0.223 e. The molecule has 4 heteroatoms. The van der Waals surface area contributed by atoms with Gasteiger partial charge in [-0.05, 0) is 42.7 Å². The van der Waals surface area contributed by atoms with Crippen LogP contribution in [0.1, 0.15) is 29.7 Å². The lowest BCUT2D eigenvalue weighted by Gasteiger charge is -2.33. The minimum atomic E-state index is 0.188. The van der Waals surface area contributed by atoms with E-state index in [0.717, 1.165) is 38.8 Å². The van der Waals surface area contributed by atoms with Gasteiger partial charge in [0.1, 0.15) is 0 Å². The predicted molar refractivity (Wildman–Crippen MR) is 98.3 cm³/mol. The fraction of sp³-hybridized carbons (Fsp3) is 0.450. The van der Waals surface area contributed by atoms with E-state index < -0.39 is 0 Å². The van der Waals surface area contributed by atoms with Gasteiger partial charge < -0.3 is 9.64 Å². The van der Waals surface area contributed by atoms with Crippen molar-refractivity contribution in [2.45, 2.75) is 38.2 Å². The first kappa shape index (κ1) is 17.2. The Hall–Kier alpha value is -1.65. The third-order valence-corrected chi connectivity index (χ3v) is 5.43. The predicted octanol–water partition coefficient (Wildman–Crippen LogP) is 3.93. The lowest BCUT2D eigenvalue weighted by atomic mass is 10.0. The van der Waals surface area contributed by atoms with E-state index >= 15 is 0 Å². The van der Waals surface area contributed by atoms with Crippen molar-refractivity contribution in [1.29, 1.82) is 0 Å².